The van der Waals surface area contributed by atoms with Gasteiger partial charge in [0.05, 0.1) is 13.2 Å². The molecule has 0 unspecified atom stereocenters. The van der Waals surface area contributed by atoms with E-state index in [-0.39, 0.29) is 12.3 Å². The molecule has 8 heteroatoms. The lowest BCUT2D eigenvalue weighted by Gasteiger charge is -2.11. The van der Waals surface area contributed by atoms with E-state index in [4.69, 9.17) is 14.2 Å². The minimum atomic E-state index is -0.531. The Bertz CT molecular complexity index is 660. The maximum atomic E-state index is 12.0. The fraction of sp³-hybridized carbons (Fsp3) is 0.400. The maximum absolute atomic E-state index is 12.0. The molecular formula is C15H18BrN3O4. The Labute approximate surface area is 142 Å². The maximum Gasteiger partial charge on any atom is 0.361 e. The zero-order valence-electron chi connectivity index (χ0n) is 13.0. The van der Waals surface area contributed by atoms with Crippen LogP contribution in [0.5, 0.6) is 5.75 Å². The zero-order valence-corrected chi connectivity index (χ0v) is 14.6. The molecule has 1 heterocycles. The smallest absolute Gasteiger partial charge is 0.361 e. The number of esters is 1. The van der Waals surface area contributed by atoms with Crippen LogP contribution in [-0.4, -0.2) is 47.8 Å². The number of benzene rings is 1. The van der Waals surface area contributed by atoms with Crippen molar-refractivity contribution < 1.29 is 19.0 Å². The highest BCUT2D eigenvalue weighted by atomic mass is 79.9. The first-order chi connectivity index (χ1) is 11.2. The van der Waals surface area contributed by atoms with Gasteiger partial charge in [0.1, 0.15) is 18.1 Å². The fourth-order valence-electron chi connectivity index (χ4n) is 1.93. The van der Waals surface area contributed by atoms with Crippen LogP contribution < -0.4 is 4.74 Å². The summed E-state index contributed by atoms with van der Waals surface area (Å²) in [6.45, 7) is 5.43. The van der Waals surface area contributed by atoms with E-state index in [0.717, 1.165) is 4.47 Å². The molecule has 7 nitrogen and oxygen atoms in total. The van der Waals surface area contributed by atoms with Crippen molar-refractivity contribution in [1.29, 1.82) is 0 Å². The Morgan fingerprint density at radius 2 is 2.04 bits per heavy atom. The molecule has 2 aromatic rings. The number of hydrogen-bond acceptors (Lipinski definition) is 6. The number of hydrogen-bond donors (Lipinski definition) is 1. The van der Waals surface area contributed by atoms with Crippen LogP contribution in [0.25, 0.3) is 11.3 Å². The van der Waals surface area contributed by atoms with Crippen molar-refractivity contribution in [3.05, 3.63) is 28.4 Å². The molecule has 0 saturated carbocycles. The Morgan fingerprint density at radius 1 is 1.22 bits per heavy atom. The van der Waals surface area contributed by atoms with Gasteiger partial charge in [-0.15, -0.1) is 5.10 Å². The van der Waals surface area contributed by atoms with E-state index in [1.165, 1.54) is 0 Å². The van der Waals surface area contributed by atoms with Gasteiger partial charge >= 0.3 is 5.97 Å². The number of rotatable bonds is 8. The second-order valence-corrected chi connectivity index (χ2v) is 5.34. The normalized spacial score (nSPS) is 10.6. The van der Waals surface area contributed by atoms with Gasteiger partial charge in [0.25, 0.3) is 0 Å². The van der Waals surface area contributed by atoms with Crippen LogP contribution in [0.3, 0.4) is 0 Å². The summed E-state index contributed by atoms with van der Waals surface area (Å²) in [4.78, 5) is 12.0. The number of H-pyrrole nitrogens is 1. The van der Waals surface area contributed by atoms with E-state index in [2.05, 4.69) is 31.3 Å². The topological polar surface area (TPSA) is 86.3 Å². The van der Waals surface area contributed by atoms with Crippen LogP contribution in [0.4, 0.5) is 0 Å². The van der Waals surface area contributed by atoms with Crippen molar-refractivity contribution in [2.24, 2.45) is 0 Å². The third-order valence-corrected chi connectivity index (χ3v) is 3.40. The summed E-state index contributed by atoms with van der Waals surface area (Å²) in [5.74, 6) is 0.0591. The Hall–Kier alpha value is -1.93. The van der Waals surface area contributed by atoms with Gasteiger partial charge in [-0.05, 0) is 32.0 Å². The summed E-state index contributed by atoms with van der Waals surface area (Å²) in [6, 6.07) is 5.47. The highest BCUT2D eigenvalue weighted by Gasteiger charge is 2.22. The van der Waals surface area contributed by atoms with Crippen LogP contribution in [0.1, 0.15) is 24.3 Å². The van der Waals surface area contributed by atoms with Gasteiger partial charge in [-0.3, -0.25) is 0 Å². The Morgan fingerprint density at radius 3 is 2.78 bits per heavy atom. The van der Waals surface area contributed by atoms with Crippen LogP contribution in [0, 0.1) is 0 Å². The van der Waals surface area contributed by atoms with Crippen molar-refractivity contribution in [3.8, 4) is 17.0 Å². The first-order valence-electron chi connectivity index (χ1n) is 7.25. The monoisotopic (exact) mass is 383 g/mol. The molecule has 0 aliphatic carbocycles. The van der Waals surface area contributed by atoms with Crippen molar-refractivity contribution in [2.75, 3.05) is 26.4 Å². The molecule has 0 saturated heterocycles. The van der Waals surface area contributed by atoms with E-state index in [1.807, 2.05) is 19.1 Å². The number of nitrogens with one attached hydrogen (secondary N) is 1. The third-order valence-electron chi connectivity index (χ3n) is 2.90. The van der Waals surface area contributed by atoms with Gasteiger partial charge < -0.3 is 14.2 Å². The molecule has 0 bridgehead atoms. The lowest BCUT2D eigenvalue weighted by atomic mass is 10.1. The second-order valence-electron chi connectivity index (χ2n) is 4.43. The average Bonchev–Trinajstić information content (AvgIpc) is 3.02. The highest BCUT2D eigenvalue weighted by Crippen LogP contribution is 2.33. The number of halogens is 1. The van der Waals surface area contributed by atoms with Crippen molar-refractivity contribution >= 4 is 21.9 Å². The van der Waals surface area contributed by atoms with Gasteiger partial charge in [0, 0.05) is 16.6 Å². The van der Waals surface area contributed by atoms with Gasteiger partial charge in [-0.25, -0.2) is 4.79 Å². The lowest BCUT2D eigenvalue weighted by molar-refractivity contribution is 0.0520. The van der Waals surface area contributed by atoms with Gasteiger partial charge in [0.15, 0.2) is 5.69 Å². The SMILES string of the molecule is CCOCCOc1ccc(Br)cc1-c1n[nH]nc1C(=O)OCC. The standard InChI is InChI=1S/C15H18BrN3O4/c1-3-21-7-8-23-12-6-5-10(16)9-11(12)13-14(18-19-17-13)15(20)22-4-2/h5-6,9H,3-4,7-8H2,1-2H3,(H,17,18,19). The largest absolute Gasteiger partial charge is 0.490 e. The average molecular weight is 384 g/mol. The number of nitrogens with zero attached hydrogens (tertiary/aromatic N) is 2. The molecule has 1 aromatic heterocycles. The molecule has 0 spiro atoms. The number of aromatic amines is 1. The molecule has 0 atom stereocenters. The predicted molar refractivity (Wildman–Crippen MR) is 87.5 cm³/mol. The number of aromatic nitrogens is 3. The Balaban J connectivity index is 2.29. The van der Waals surface area contributed by atoms with Crippen molar-refractivity contribution in [2.45, 2.75) is 13.8 Å². The summed E-state index contributed by atoms with van der Waals surface area (Å²) < 4.78 is 16.8. The molecular weight excluding hydrogens is 366 g/mol. The third kappa shape index (κ3) is 4.52. The first kappa shape index (κ1) is 17.4. The summed E-state index contributed by atoms with van der Waals surface area (Å²) in [5.41, 5.74) is 1.16. The quantitative estimate of drug-likeness (QED) is 0.557. The van der Waals surface area contributed by atoms with Crippen LogP contribution in [0.15, 0.2) is 22.7 Å². The molecule has 1 N–H and O–H groups in total. The first-order valence-corrected chi connectivity index (χ1v) is 8.05. The molecule has 1 aromatic carbocycles. The van der Waals surface area contributed by atoms with E-state index in [9.17, 15) is 4.79 Å². The molecule has 0 amide bonds. The summed E-state index contributed by atoms with van der Waals surface area (Å²) >= 11 is 3.41. The molecule has 124 valence electrons. The second kappa shape index (κ2) is 8.64. The minimum absolute atomic E-state index is 0.125. The van der Waals surface area contributed by atoms with E-state index in [0.29, 0.717) is 36.8 Å². The van der Waals surface area contributed by atoms with Crippen LogP contribution in [-0.2, 0) is 9.47 Å². The van der Waals surface area contributed by atoms with Crippen molar-refractivity contribution in [1.82, 2.24) is 15.4 Å². The molecule has 23 heavy (non-hydrogen) atoms. The highest BCUT2D eigenvalue weighted by molar-refractivity contribution is 9.10. The van der Waals surface area contributed by atoms with Crippen LogP contribution >= 0.6 is 15.9 Å². The minimum Gasteiger partial charge on any atom is -0.490 e. The molecule has 0 aliphatic heterocycles. The van der Waals surface area contributed by atoms with Gasteiger partial charge in [0.2, 0.25) is 0 Å². The Kier molecular flexibility index (Phi) is 6.54. The molecule has 0 aliphatic rings. The zero-order chi connectivity index (χ0) is 16.7. The molecule has 0 radical (unpaired) electrons. The predicted octanol–water partition coefficient (Wildman–Crippen LogP) is 2.83. The van der Waals surface area contributed by atoms with Gasteiger partial charge in [-0.2, -0.15) is 10.3 Å². The number of carbonyl (C=O) groups is 1. The van der Waals surface area contributed by atoms with Crippen molar-refractivity contribution in [3.63, 3.8) is 0 Å². The summed E-state index contributed by atoms with van der Waals surface area (Å²) in [5, 5.41) is 10.4. The van der Waals surface area contributed by atoms with E-state index in [1.54, 1.807) is 13.0 Å². The summed E-state index contributed by atoms with van der Waals surface area (Å²) in [7, 11) is 0. The molecule has 0 fully saturated rings. The number of ether oxygens (including phenoxy) is 3. The lowest BCUT2D eigenvalue weighted by Crippen LogP contribution is -2.09. The van der Waals surface area contributed by atoms with E-state index < -0.39 is 5.97 Å². The van der Waals surface area contributed by atoms with E-state index >= 15 is 0 Å². The van der Waals surface area contributed by atoms with Crippen LogP contribution in [0.2, 0.25) is 0 Å². The summed E-state index contributed by atoms with van der Waals surface area (Å²) in [6.07, 6.45) is 0. The fourth-order valence-corrected chi connectivity index (χ4v) is 2.29. The van der Waals surface area contributed by atoms with Gasteiger partial charge in [-0.1, -0.05) is 15.9 Å². The molecule has 2 rings (SSSR count). The number of carbonyl (C=O) groups excluding carboxylic acids is 1.